The van der Waals surface area contributed by atoms with Gasteiger partial charge in [-0.2, -0.15) is 0 Å². The molecule has 1 aromatic heterocycles. The fourth-order valence-electron chi connectivity index (χ4n) is 4.91. The number of para-hydroxylation sites is 1. The fourth-order valence-corrected chi connectivity index (χ4v) is 4.91. The number of amides is 1. The molecule has 1 unspecified atom stereocenters. The summed E-state index contributed by atoms with van der Waals surface area (Å²) in [6.45, 7) is 6.53. The number of benzene rings is 4. The van der Waals surface area contributed by atoms with Crippen molar-refractivity contribution in [3.05, 3.63) is 142 Å². The van der Waals surface area contributed by atoms with Crippen LogP contribution < -0.4 is 5.56 Å². The first-order valence-corrected chi connectivity index (χ1v) is 13.5. The standard InChI is InChI=1S/C34H33N3O2/c1-4-25-15-19-28(20-16-25)33(38)36(23-27-11-7-6-8-12-27)24(3)32-35-31-14-10-9-13-30(31)34(39)37(32)29-21-17-26(5-2)18-22-29/h6-22,24H,4-5,23H2,1-3H3. The summed E-state index contributed by atoms with van der Waals surface area (Å²) in [7, 11) is 0. The third kappa shape index (κ3) is 5.39. The van der Waals surface area contributed by atoms with Gasteiger partial charge in [0.1, 0.15) is 5.82 Å². The number of nitrogens with zero attached hydrogens (tertiary/aromatic N) is 3. The smallest absolute Gasteiger partial charge is 0.266 e. The molecular weight excluding hydrogens is 482 g/mol. The highest BCUT2D eigenvalue weighted by atomic mass is 16.2. The van der Waals surface area contributed by atoms with E-state index in [0.29, 0.717) is 28.8 Å². The first-order valence-electron chi connectivity index (χ1n) is 13.5. The Morgan fingerprint density at radius 2 is 1.36 bits per heavy atom. The van der Waals surface area contributed by atoms with Gasteiger partial charge >= 0.3 is 0 Å². The van der Waals surface area contributed by atoms with Crippen molar-refractivity contribution >= 4 is 16.8 Å². The zero-order chi connectivity index (χ0) is 27.4. The van der Waals surface area contributed by atoms with Gasteiger partial charge < -0.3 is 4.90 Å². The number of aryl methyl sites for hydroxylation is 2. The third-order valence-electron chi connectivity index (χ3n) is 7.31. The minimum absolute atomic E-state index is 0.107. The molecule has 0 saturated heterocycles. The van der Waals surface area contributed by atoms with Crippen LogP contribution in [0.15, 0.2) is 108 Å². The molecule has 0 N–H and O–H groups in total. The Bertz CT molecular complexity index is 1640. The van der Waals surface area contributed by atoms with Crippen molar-refractivity contribution in [2.45, 2.75) is 46.2 Å². The Morgan fingerprint density at radius 1 is 0.769 bits per heavy atom. The molecule has 5 heteroatoms. The molecule has 0 fully saturated rings. The Hall–Kier alpha value is -4.51. The largest absolute Gasteiger partial charge is 0.324 e. The van der Waals surface area contributed by atoms with E-state index in [4.69, 9.17) is 4.98 Å². The zero-order valence-electron chi connectivity index (χ0n) is 22.7. The minimum Gasteiger partial charge on any atom is -0.324 e. The predicted molar refractivity (Wildman–Crippen MR) is 157 cm³/mol. The van der Waals surface area contributed by atoms with Crippen LogP contribution in [0, 0.1) is 0 Å². The Morgan fingerprint density at radius 3 is 2.00 bits per heavy atom. The number of carbonyl (C=O) groups excluding carboxylic acids is 1. The highest BCUT2D eigenvalue weighted by molar-refractivity contribution is 5.94. The molecule has 4 aromatic carbocycles. The van der Waals surface area contributed by atoms with Gasteiger partial charge in [-0.3, -0.25) is 14.2 Å². The van der Waals surface area contributed by atoms with Crippen LogP contribution in [-0.4, -0.2) is 20.4 Å². The monoisotopic (exact) mass is 515 g/mol. The van der Waals surface area contributed by atoms with Crippen molar-refractivity contribution in [2.24, 2.45) is 0 Å². The quantitative estimate of drug-likeness (QED) is 0.226. The zero-order valence-corrected chi connectivity index (χ0v) is 22.7. The summed E-state index contributed by atoms with van der Waals surface area (Å²) in [5, 5.41) is 0.545. The molecule has 0 spiro atoms. The highest BCUT2D eigenvalue weighted by Gasteiger charge is 2.28. The molecule has 0 radical (unpaired) electrons. The second-order valence-electron chi connectivity index (χ2n) is 9.79. The van der Waals surface area contributed by atoms with Gasteiger partial charge in [-0.1, -0.05) is 80.6 Å². The molecule has 5 rings (SSSR count). The maximum atomic E-state index is 14.1. The maximum Gasteiger partial charge on any atom is 0.266 e. The van der Waals surface area contributed by atoms with Crippen LogP contribution in [0.5, 0.6) is 0 Å². The lowest BCUT2D eigenvalue weighted by molar-refractivity contribution is 0.0664. The van der Waals surface area contributed by atoms with Gasteiger partial charge in [0, 0.05) is 12.1 Å². The van der Waals surface area contributed by atoms with Crippen molar-refractivity contribution in [1.82, 2.24) is 14.5 Å². The van der Waals surface area contributed by atoms with Crippen molar-refractivity contribution in [2.75, 3.05) is 0 Å². The number of carbonyl (C=O) groups is 1. The van der Waals surface area contributed by atoms with Gasteiger partial charge in [0.2, 0.25) is 0 Å². The molecule has 0 aliphatic rings. The second-order valence-corrected chi connectivity index (χ2v) is 9.79. The van der Waals surface area contributed by atoms with E-state index in [1.807, 2.05) is 109 Å². The van der Waals surface area contributed by atoms with Crippen LogP contribution in [0.1, 0.15) is 59.7 Å². The van der Waals surface area contributed by atoms with Gasteiger partial charge in [-0.15, -0.1) is 0 Å². The van der Waals surface area contributed by atoms with Crippen molar-refractivity contribution in [3.63, 3.8) is 0 Å². The fraction of sp³-hybridized carbons (Fsp3) is 0.206. The van der Waals surface area contributed by atoms with E-state index >= 15 is 0 Å². The average Bonchev–Trinajstić information content (AvgIpc) is 3.00. The number of aromatic nitrogens is 2. The van der Waals surface area contributed by atoms with Crippen LogP contribution in [0.2, 0.25) is 0 Å². The van der Waals surface area contributed by atoms with E-state index in [1.54, 1.807) is 10.6 Å². The van der Waals surface area contributed by atoms with Crippen molar-refractivity contribution in [3.8, 4) is 5.69 Å². The van der Waals surface area contributed by atoms with Crippen molar-refractivity contribution in [1.29, 1.82) is 0 Å². The molecular formula is C34H33N3O2. The highest BCUT2D eigenvalue weighted by Crippen LogP contribution is 2.27. The molecule has 0 aliphatic carbocycles. The molecule has 0 aliphatic heterocycles. The maximum absolute atomic E-state index is 14.1. The topological polar surface area (TPSA) is 55.2 Å². The lowest BCUT2D eigenvalue weighted by Crippen LogP contribution is -2.37. The van der Waals surface area contributed by atoms with Crippen LogP contribution in [0.4, 0.5) is 0 Å². The average molecular weight is 516 g/mol. The lowest BCUT2D eigenvalue weighted by atomic mass is 10.1. The normalized spacial score (nSPS) is 11.9. The van der Waals surface area contributed by atoms with E-state index < -0.39 is 6.04 Å². The van der Waals surface area contributed by atoms with E-state index in [1.165, 1.54) is 11.1 Å². The molecule has 0 bridgehead atoms. The molecule has 39 heavy (non-hydrogen) atoms. The SMILES string of the molecule is CCc1ccc(C(=O)N(Cc2ccccc2)C(C)c2nc3ccccc3c(=O)n2-c2ccc(CC)cc2)cc1. The summed E-state index contributed by atoms with van der Waals surface area (Å²) in [6, 6.07) is 32.6. The first-order chi connectivity index (χ1) is 19.0. The summed E-state index contributed by atoms with van der Waals surface area (Å²) in [6.07, 6.45) is 1.81. The Labute approximate surface area is 229 Å². The van der Waals surface area contributed by atoms with Gasteiger partial charge in [-0.25, -0.2) is 4.98 Å². The van der Waals surface area contributed by atoms with Gasteiger partial charge in [0.05, 0.1) is 22.6 Å². The third-order valence-corrected chi connectivity index (χ3v) is 7.31. The van der Waals surface area contributed by atoms with Gasteiger partial charge in [0.15, 0.2) is 0 Å². The molecule has 1 amide bonds. The molecule has 196 valence electrons. The minimum atomic E-state index is -0.494. The molecule has 5 nitrogen and oxygen atoms in total. The summed E-state index contributed by atoms with van der Waals surface area (Å²) >= 11 is 0. The van der Waals surface area contributed by atoms with Crippen LogP contribution in [0.25, 0.3) is 16.6 Å². The van der Waals surface area contributed by atoms with E-state index in [9.17, 15) is 9.59 Å². The summed E-state index contributed by atoms with van der Waals surface area (Å²) in [5.74, 6) is 0.418. The molecule has 5 aromatic rings. The molecule has 1 heterocycles. The first kappa shape index (κ1) is 26.1. The Kier molecular flexibility index (Phi) is 7.69. The Balaban J connectivity index is 1.67. The predicted octanol–water partition coefficient (Wildman–Crippen LogP) is 6.91. The van der Waals surface area contributed by atoms with Crippen LogP contribution in [0.3, 0.4) is 0 Å². The number of hydrogen-bond acceptors (Lipinski definition) is 3. The molecule has 1 atom stereocenters. The summed E-state index contributed by atoms with van der Waals surface area (Å²) in [5.41, 5.74) is 5.18. The van der Waals surface area contributed by atoms with Crippen LogP contribution in [-0.2, 0) is 19.4 Å². The van der Waals surface area contributed by atoms with Crippen molar-refractivity contribution < 1.29 is 4.79 Å². The van der Waals surface area contributed by atoms with Gasteiger partial charge in [-0.05, 0) is 72.9 Å². The van der Waals surface area contributed by atoms with Gasteiger partial charge in [0.25, 0.3) is 11.5 Å². The van der Waals surface area contributed by atoms with E-state index in [2.05, 4.69) is 13.8 Å². The number of rotatable bonds is 8. The van der Waals surface area contributed by atoms with Crippen LogP contribution >= 0.6 is 0 Å². The lowest BCUT2D eigenvalue weighted by Gasteiger charge is -2.31. The number of fused-ring (bicyclic) bond motifs is 1. The number of hydrogen-bond donors (Lipinski definition) is 0. The second kappa shape index (κ2) is 11.5. The van der Waals surface area contributed by atoms with E-state index in [0.717, 1.165) is 24.1 Å². The van der Waals surface area contributed by atoms with E-state index in [-0.39, 0.29) is 11.5 Å². The molecule has 0 saturated carbocycles. The summed E-state index contributed by atoms with van der Waals surface area (Å²) < 4.78 is 1.66. The summed E-state index contributed by atoms with van der Waals surface area (Å²) in [4.78, 5) is 34.8.